The predicted octanol–water partition coefficient (Wildman–Crippen LogP) is 3.23. The van der Waals surface area contributed by atoms with Crippen LogP contribution in [0.2, 0.25) is 0 Å². The van der Waals surface area contributed by atoms with Crippen LogP contribution >= 0.6 is 0 Å². The molecule has 0 aromatic rings. The SMILES string of the molecule is C=C/C=C(\C=C/C)COC(=C)/C=C\C(=C)N. The van der Waals surface area contributed by atoms with E-state index in [4.69, 9.17) is 10.5 Å². The molecule has 0 spiro atoms. The van der Waals surface area contributed by atoms with Gasteiger partial charge in [0.1, 0.15) is 12.4 Å². The second-order valence-electron chi connectivity index (χ2n) is 3.14. The lowest BCUT2D eigenvalue weighted by Gasteiger charge is -2.06. The third-order valence-electron chi connectivity index (χ3n) is 1.62. The molecule has 2 N–H and O–H groups in total. The summed E-state index contributed by atoms with van der Waals surface area (Å²) in [5.74, 6) is 0.547. The van der Waals surface area contributed by atoms with Gasteiger partial charge in [-0.3, -0.25) is 0 Å². The highest BCUT2D eigenvalue weighted by Crippen LogP contribution is 2.04. The van der Waals surface area contributed by atoms with Gasteiger partial charge < -0.3 is 10.5 Å². The van der Waals surface area contributed by atoms with Crippen molar-refractivity contribution in [3.8, 4) is 0 Å². The molecule has 0 amide bonds. The van der Waals surface area contributed by atoms with Crippen LogP contribution in [0, 0.1) is 0 Å². The van der Waals surface area contributed by atoms with Crippen LogP contribution in [-0.2, 0) is 4.74 Å². The maximum Gasteiger partial charge on any atom is 0.113 e. The summed E-state index contributed by atoms with van der Waals surface area (Å²) in [5, 5.41) is 0. The van der Waals surface area contributed by atoms with Crippen molar-refractivity contribution in [1.82, 2.24) is 0 Å². The fraction of sp³-hybridized carbons (Fsp3) is 0.143. The Bertz CT molecular complexity index is 346. The lowest BCUT2D eigenvalue weighted by Crippen LogP contribution is -1.95. The summed E-state index contributed by atoms with van der Waals surface area (Å²) in [7, 11) is 0. The van der Waals surface area contributed by atoms with Crippen molar-refractivity contribution in [3.63, 3.8) is 0 Å². The Morgan fingerprint density at radius 2 is 1.94 bits per heavy atom. The number of hydrogen-bond acceptors (Lipinski definition) is 2. The first-order chi connectivity index (χ1) is 7.60. The van der Waals surface area contributed by atoms with Crippen molar-refractivity contribution in [2.45, 2.75) is 6.92 Å². The standard InChI is InChI=1S/C14H19NO/c1-5-7-14(8-6-2)11-16-13(4)10-9-12(3)15/h5-10H,1,3-4,11,15H2,2H3/b8-6-,10-9-,14-7+. The molecule has 16 heavy (non-hydrogen) atoms. The zero-order chi connectivity index (χ0) is 12.4. The third kappa shape index (κ3) is 7.44. The molecule has 0 saturated heterocycles. The molecule has 0 aliphatic carbocycles. The Hall–Kier alpha value is -1.96. The van der Waals surface area contributed by atoms with E-state index in [-0.39, 0.29) is 0 Å². The summed E-state index contributed by atoms with van der Waals surface area (Å²) in [4.78, 5) is 0. The topological polar surface area (TPSA) is 35.2 Å². The Morgan fingerprint density at radius 1 is 1.25 bits per heavy atom. The highest BCUT2D eigenvalue weighted by molar-refractivity contribution is 5.24. The zero-order valence-electron chi connectivity index (χ0n) is 9.78. The molecular formula is C14H19NO. The second-order valence-corrected chi connectivity index (χ2v) is 3.14. The minimum atomic E-state index is 0.455. The van der Waals surface area contributed by atoms with E-state index in [1.54, 1.807) is 18.2 Å². The molecule has 2 heteroatoms. The van der Waals surface area contributed by atoms with Gasteiger partial charge in [0.2, 0.25) is 0 Å². The first-order valence-corrected chi connectivity index (χ1v) is 4.98. The normalized spacial score (nSPS) is 11.9. The van der Waals surface area contributed by atoms with Gasteiger partial charge in [0, 0.05) is 5.70 Å². The molecule has 0 saturated carbocycles. The van der Waals surface area contributed by atoms with Crippen molar-refractivity contribution in [3.05, 3.63) is 73.2 Å². The molecule has 0 heterocycles. The summed E-state index contributed by atoms with van der Waals surface area (Å²) in [6, 6.07) is 0. The van der Waals surface area contributed by atoms with Crippen LogP contribution in [0.4, 0.5) is 0 Å². The molecule has 2 nitrogen and oxygen atoms in total. The smallest absolute Gasteiger partial charge is 0.113 e. The zero-order valence-corrected chi connectivity index (χ0v) is 9.78. The lowest BCUT2D eigenvalue weighted by atomic mass is 10.2. The maximum atomic E-state index is 5.41. The van der Waals surface area contributed by atoms with Gasteiger partial charge >= 0.3 is 0 Å². The van der Waals surface area contributed by atoms with Crippen LogP contribution in [0.25, 0.3) is 0 Å². The van der Waals surface area contributed by atoms with Gasteiger partial charge in [-0.15, -0.1) is 0 Å². The largest absolute Gasteiger partial charge is 0.490 e. The van der Waals surface area contributed by atoms with E-state index < -0.39 is 0 Å². The summed E-state index contributed by atoms with van der Waals surface area (Å²) >= 11 is 0. The molecule has 0 aliphatic heterocycles. The summed E-state index contributed by atoms with van der Waals surface area (Å²) in [5.41, 5.74) is 6.88. The van der Waals surface area contributed by atoms with Crippen molar-refractivity contribution >= 4 is 0 Å². The molecule has 0 unspecified atom stereocenters. The molecule has 0 fully saturated rings. The average Bonchev–Trinajstić information content (AvgIpc) is 2.23. The Morgan fingerprint density at radius 3 is 2.44 bits per heavy atom. The molecule has 86 valence electrons. The quantitative estimate of drug-likeness (QED) is 0.525. The Kier molecular flexibility index (Phi) is 7.33. The van der Waals surface area contributed by atoms with Crippen LogP contribution in [-0.4, -0.2) is 6.61 Å². The van der Waals surface area contributed by atoms with Crippen molar-refractivity contribution in [2.24, 2.45) is 5.73 Å². The first-order valence-electron chi connectivity index (χ1n) is 4.98. The number of nitrogens with two attached hydrogens (primary N) is 1. The van der Waals surface area contributed by atoms with Crippen molar-refractivity contribution in [2.75, 3.05) is 6.61 Å². The maximum absolute atomic E-state index is 5.41. The monoisotopic (exact) mass is 217 g/mol. The van der Waals surface area contributed by atoms with Crippen LogP contribution in [0.15, 0.2) is 73.2 Å². The summed E-state index contributed by atoms with van der Waals surface area (Å²) in [6.07, 6.45) is 10.8. The number of rotatable bonds is 7. The molecule has 0 aromatic heterocycles. The van der Waals surface area contributed by atoms with Crippen LogP contribution in [0.1, 0.15) is 6.92 Å². The van der Waals surface area contributed by atoms with Gasteiger partial charge in [0.25, 0.3) is 0 Å². The van der Waals surface area contributed by atoms with E-state index in [1.165, 1.54) is 0 Å². The Balaban J connectivity index is 4.21. The van der Waals surface area contributed by atoms with Gasteiger partial charge in [0.15, 0.2) is 0 Å². The number of hydrogen-bond donors (Lipinski definition) is 1. The molecule has 0 aromatic carbocycles. The third-order valence-corrected chi connectivity index (χ3v) is 1.62. The molecule has 0 atom stereocenters. The molecular weight excluding hydrogens is 198 g/mol. The van der Waals surface area contributed by atoms with E-state index in [9.17, 15) is 0 Å². The van der Waals surface area contributed by atoms with E-state index in [2.05, 4.69) is 19.7 Å². The van der Waals surface area contributed by atoms with E-state index in [0.29, 0.717) is 18.1 Å². The average molecular weight is 217 g/mol. The summed E-state index contributed by atoms with van der Waals surface area (Å²) < 4.78 is 5.41. The van der Waals surface area contributed by atoms with Crippen LogP contribution < -0.4 is 5.73 Å². The minimum Gasteiger partial charge on any atom is -0.490 e. The highest BCUT2D eigenvalue weighted by atomic mass is 16.5. The highest BCUT2D eigenvalue weighted by Gasteiger charge is 1.93. The minimum absolute atomic E-state index is 0.455. The lowest BCUT2D eigenvalue weighted by molar-refractivity contribution is 0.257. The van der Waals surface area contributed by atoms with Gasteiger partial charge in [-0.2, -0.15) is 0 Å². The molecule has 0 radical (unpaired) electrons. The summed E-state index contributed by atoms with van der Waals surface area (Å²) in [6.45, 7) is 13.3. The molecule has 0 rings (SSSR count). The second kappa shape index (κ2) is 8.36. The van der Waals surface area contributed by atoms with Gasteiger partial charge in [-0.1, -0.05) is 44.0 Å². The van der Waals surface area contributed by atoms with E-state index >= 15 is 0 Å². The number of allylic oxidation sites excluding steroid dienone is 5. The fourth-order valence-corrected chi connectivity index (χ4v) is 0.941. The molecule has 0 aliphatic rings. The van der Waals surface area contributed by atoms with E-state index in [0.717, 1.165) is 5.57 Å². The van der Waals surface area contributed by atoms with Gasteiger partial charge in [-0.05, 0) is 24.6 Å². The first kappa shape index (κ1) is 14.0. The van der Waals surface area contributed by atoms with Crippen molar-refractivity contribution in [1.29, 1.82) is 0 Å². The fourth-order valence-electron chi connectivity index (χ4n) is 0.941. The van der Waals surface area contributed by atoms with Crippen LogP contribution in [0.5, 0.6) is 0 Å². The van der Waals surface area contributed by atoms with Crippen LogP contribution in [0.3, 0.4) is 0 Å². The van der Waals surface area contributed by atoms with E-state index in [1.807, 2.05) is 25.2 Å². The van der Waals surface area contributed by atoms with Gasteiger partial charge in [0.05, 0.1) is 0 Å². The van der Waals surface area contributed by atoms with Crippen molar-refractivity contribution < 1.29 is 4.74 Å². The molecule has 0 bridgehead atoms. The predicted molar refractivity (Wildman–Crippen MR) is 70.7 cm³/mol. The van der Waals surface area contributed by atoms with Gasteiger partial charge in [-0.25, -0.2) is 0 Å². The Labute approximate surface area is 97.8 Å². The number of ether oxygens (including phenoxy) is 1.